The van der Waals surface area contributed by atoms with Crippen LogP contribution in [0.15, 0.2) is 54.7 Å². The fourth-order valence-electron chi connectivity index (χ4n) is 2.31. The summed E-state index contributed by atoms with van der Waals surface area (Å²) in [5.41, 5.74) is 3.66. The van der Waals surface area contributed by atoms with E-state index in [1.54, 1.807) is 12.3 Å². The van der Waals surface area contributed by atoms with Gasteiger partial charge in [0.1, 0.15) is 0 Å². The van der Waals surface area contributed by atoms with Crippen LogP contribution in [0, 0.1) is 6.92 Å². The molecule has 1 heterocycles. The Hall–Kier alpha value is -2.68. The van der Waals surface area contributed by atoms with E-state index in [2.05, 4.69) is 4.98 Å². The van der Waals surface area contributed by atoms with Crippen molar-refractivity contribution in [2.45, 2.75) is 6.92 Å². The van der Waals surface area contributed by atoms with Crippen molar-refractivity contribution in [2.24, 2.45) is 0 Å². The molecule has 0 amide bonds. The zero-order chi connectivity index (χ0) is 14.1. The third-order valence-electron chi connectivity index (χ3n) is 3.31. The number of benzene rings is 2. The monoisotopic (exact) mass is 263 g/mol. The van der Waals surface area contributed by atoms with Gasteiger partial charge in [-0.2, -0.15) is 0 Å². The van der Waals surface area contributed by atoms with E-state index in [-0.39, 0.29) is 0 Å². The minimum atomic E-state index is -0.920. The zero-order valence-electron chi connectivity index (χ0n) is 11.0. The second-order valence-corrected chi connectivity index (χ2v) is 4.77. The number of rotatable bonds is 2. The zero-order valence-corrected chi connectivity index (χ0v) is 11.0. The van der Waals surface area contributed by atoms with Gasteiger partial charge in [0.15, 0.2) is 0 Å². The molecule has 1 aromatic heterocycles. The molecule has 0 fully saturated rings. The number of aryl methyl sites for hydroxylation is 1. The molecule has 0 aliphatic rings. The maximum absolute atomic E-state index is 11.4. The summed E-state index contributed by atoms with van der Waals surface area (Å²) in [6.45, 7) is 1.88. The predicted molar refractivity (Wildman–Crippen MR) is 78.9 cm³/mol. The molecule has 0 spiro atoms. The Bertz CT molecular complexity index is 809. The van der Waals surface area contributed by atoms with Crippen LogP contribution in [0.25, 0.3) is 22.0 Å². The van der Waals surface area contributed by atoms with Crippen LogP contribution in [0.4, 0.5) is 0 Å². The summed E-state index contributed by atoms with van der Waals surface area (Å²) in [5.74, 6) is -0.920. The van der Waals surface area contributed by atoms with Crippen molar-refractivity contribution in [1.82, 2.24) is 4.98 Å². The van der Waals surface area contributed by atoms with Gasteiger partial charge in [0.25, 0.3) is 0 Å². The molecule has 0 saturated heterocycles. The number of carboxylic acid groups (broad SMARTS) is 1. The first-order valence-electron chi connectivity index (χ1n) is 6.34. The summed E-state index contributed by atoms with van der Waals surface area (Å²) < 4.78 is 0. The molecule has 98 valence electrons. The maximum atomic E-state index is 11.4. The predicted octanol–water partition coefficient (Wildman–Crippen LogP) is 3.91. The lowest BCUT2D eigenvalue weighted by Crippen LogP contribution is -2.00. The minimum absolute atomic E-state index is 0.307. The number of fused-ring (bicyclic) bond motifs is 1. The molecule has 0 atom stereocenters. The average Bonchev–Trinajstić information content (AvgIpc) is 2.46. The normalized spacial score (nSPS) is 10.7. The Balaban J connectivity index is 2.22. The molecular weight excluding hydrogens is 250 g/mol. The van der Waals surface area contributed by atoms with Crippen LogP contribution in [0.3, 0.4) is 0 Å². The van der Waals surface area contributed by atoms with Crippen molar-refractivity contribution in [1.29, 1.82) is 0 Å². The molecule has 0 aliphatic heterocycles. The molecular formula is C17H13NO2. The van der Waals surface area contributed by atoms with Crippen molar-refractivity contribution in [3.05, 3.63) is 65.9 Å². The lowest BCUT2D eigenvalue weighted by Gasteiger charge is -2.08. The van der Waals surface area contributed by atoms with Crippen molar-refractivity contribution in [3.8, 4) is 11.1 Å². The molecule has 20 heavy (non-hydrogen) atoms. The summed E-state index contributed by atoms with van der Waals surface area (Å²) in [6.07, 6.45) is 1.72. The minimum Gasteiger partial charge on any atom is -0.478 e. The van der Waals surface area contributed by atoms with Crippen LogP contribution in [0.5, 0.6) is 0 Å². The molecule has 0 radical (unpaired) electrons. The highest BCUT2D eigenvalue weighted by Gasteiger charge is 2.12. The second-order valence-electron chi connectivity index (χ2n) is 4.77. The maximum Gasteiger partial charge on any atom is 0.336 e. The summed E-state index contributed by atoms with van der Waals surface area (Å²) in [6, 6.07) is 15.2. The third kappa shape index (κ3) is 2.14. The highest BCUT2D eigenvalue weighted by molar-refractivity contribution is 5.97. The van der Waals surface area contributed by atoms with Gasteiger partial charge in [0, 0.05) is 17.1 Å². The molecule has 0 saturated carbocycles. The van der Waals surface area contributed by atoms with Crippen LogP contribution in [-0.2, 0) is 0 Å². The summed E-state index contributed by atoms with van der Waals surface area (Å²) in [4.78, 5) is 15.8. The molecule has 0 unspecified atom stereocenters. The first kappa shape index (κ1) is 12.4. The van der Waals surface area contributed by atoms with E-state index >= 15 is 0 Å². The van der Waals surface area contributed by atoms with Crippen LogP contribution in [0.1, 0.15) is 15.9 Å². The number of para-hydroxylation sites is 1. The van der Waals surface area contributed by atoms with Gasteiger partial charge in [-0.3, -0.25) is 4.98 Å². The molecule has 0 aliphatic carbocycles. The van der Waals surface area contributed by atoms with Gasteiger partial charge in [0.2, 0.25) is 0 Å². The summed E-state index contributed by atoms with van der Waals surface area (Å²) in [7, 11) is 0. The van der Waals surface area contributed by atoms with E-state index < -0.39 is 5.97 Å². The van der Waals surface area contributed by atoms with Crippen molar-refractivity contribution in [3.63, 3.8) is 0 Å². The molecule has 3 aromatic rings. The van der Waals surface area contributed by atoms with Gasteiger partial charge < -0.3 is 5.11 Å². The first-order valence-corrected chi connectivity index (χ1v) is 6.34. The Labute approximate surface area is 116 Å². The van der Waals surface area contributed by atoms with Crippen molar-refractivity contribution in [2.75, 3.05) is 0 Å². The fraction of sp³-hybridized carbons (Fsp3) is 0.0588. The van der Waals surface area contributed by atoms with E-state index in [1.165, 1.54) is 0 Å². The van der Waals surface area contributed by atoms with Gasteiger partial charge in [0.05, 0.1) is 11.1 Å². The first-order chi connectivity index (χ1) is 9.65. The number of pyridine rings is 1. The van der Waals surface area contributed by atoms with E-state index in [0.29, 0.717) is 11.1 Å². The SMILES string of the molecule is Cc1ccc(-c2cnc3ccccc3c2)c(C(=O)O)c1. The molecule has 2 aromatic carbocycles. The number of hydrogen-bond acceptors (Lipinski definition) is 2. The standard InChI is InChI=1S/C17H13NO2/c1-11-6-7-14(15(8-11)17(19)20)13-9-12-4-2-3-5-16(12)18-10-13/h2-10H,1H3,(H,19,20). The highest BCUT2D eigenvalue weighted by atomic mass is 16.4. The Morgan fingerprint density at radius 3 is 2.70 bits per heavy atom. The number of carbonyl (C=O) groups is 1. The number of nitrogens with zero attached hydrogens (tertiary/aromatic N) is 1. The van der Waals surface area contributed by atoms with E-state index in [9.17, 15) is 9.90 Å². The van der Waals surface area contributed by atoms with Gasteiger partial charge in [-0.15, -0.1) is 0 Å². The molecule has 3 nitrogen and oxygen atoms in total. The second kappa shape index (κ2) is 4.78. The average molecular weight is 263 g/mol. The number of aromatic nitrogens is 1. The lowest BCUT2D eigenvalue weighted by molar-refractivity contribution is 0.0697. The van der Waals surface area contributed by atoms with E-state index in [1.807, 2.05) is 49.4 Å². The number of hydrogen-bond donors (Lipinski definition) is 1. The fourth-order valence-corrected chi connectivity index (χ4v) is 2.31. The molecule has 0 bridgehead atoms. The topological polar surface area (TPSA) is 50.2 Å². The van der Waals surface area contributed by atoms with Gasteiger partial charge in [-0.05, 0) is 30.7 Å². The molecule has 3 heteroatoms. The van der Waals surface area contributed by atoms with Crippen LogP contribution in [-0.4, -0.2) is 16.1 Å². The van der Waals surface area contributed by atoms with Crippen LogP contribution < -0.4 is 0 Å². The van der Waals surface area contributed by atoms with Crippen LogP contribution in [0.2, 0.25) is 0 Å². The Morgan fingerprint density at radius 2 is 1.90 bits per heavy atom. The molecule has 3 rings (SSSR count). The summed E-state index contributed by atoms with van der Waals surface area (Å²) in [5, 5.41) is 10.3. The smallest absolute Gasteiger partial charge is 0.336 e. The number of aromatic carboxylic acids is 1. The van der Waals surface area contributed by atoms with Crippen LogP contribution >= 0.6 is 0 Å². The van der Waals surface area contributed by atoms with E-state index in [0.717, 1.165) is 22.0 Å². The largest absolute Gasteiger partial charge is 0.478 e. The van der Waals surface area contributed by atoms with Crippen molar-refractivity contribution < 1.29 is 9.90 Å². The van der Waals surface area contributed by atoms with E-state index in [4.69, 9.17) is 0 Å². The lowest BCUT2D eigenvalue weighted by atomic mass is 9.98. The van der Waals surface area contributed by atoms with Crippen molar-refractivity contribution >= 4 is 16.9 Å². The third-order valence-corrected chi connectivity index (χ3v) is 3.31. The van der Waals surface area contributed by atoms with Gasteiger partial charge in [-0.1, -0.05) is 35.9 Å². The summed E-state index contributed by atoms with van der Waals surface area (Å²) >= 11 is 0. The highest BCUT2D eigenvalue weighted by Crippen LogP contribution is 2.26. The Morgan fingerprint density at radius 1 is 1.10 bits per heavy atom. The van der Waals surface area contributed by atoms with Gasteiger partial charge >= 0.3 is 5.97 Å². The molecule has 1 N–H and O–H groups in total. The van der Waals surface area contributed by atoms with Gasteiger partial charge in [-0.25, -0.2) is 4.79 Å². The Kier molecular flexibility index (Phi) is 2.95. The quantitative estimate of drug-likeness (QED) is 0.762. The number of carboxylic acids is 1.